The Bertz CT molecular complexity index is 555. The maximum Gasteiger partial charge on any atom is 0.119 e. The fourth-order valence-electron chi connectivity index (χ4n) is 1.85. The summed E-state index contributed by atoms with van der Waals surface area (Å²) >= 11 is 3.56. The van der Waals surface area contributed by atoms with E-state index in [4.69, 9.17) is 4.74 Å². The quantitative estimate of drug-likeness (QED) is 0.818. The predicted octanol–water partition coefficient (Wildman–Crippen LogP) is 4.00. The molecule has 112 valence electrons. The van der Waals surface area contributed by atoms with E-state index in [9.17, 15) is 0 Å². The SMILES string of the molecule is CN(C)CCOc1ccc(NCc2ccccc2Br)cc1. The van der Waals surface area contributed by atoms with E-state index >= 15 is 0 Å². The number of ether oxygens (including phenoxy) is 1. The van der Waals surface area contributed by atoms with Crippen LogP contribution >= 0.6 is 15.9 Å². The Hall–Kier alpha value is -1.52. The second kappa shape index (κ2) is 8.05. The number of benzene rings is 2. The van der Waals surface area contributed by atoms with E-state index in [0.717, 1.165) is 29.0 Å². The van der Waals surface area contributed by atoms with Gasteiger partial charge in [-0.15, -0.1) is 0 Å². The average Bonchev–Trinajstić information content (AvgIpc) is 2.47. The Kier molecular flexibility index (Phi) is 6.08. The zero-order chi connectivity index (χ0) is 15.1. The Morgan fingerprint density at radius 2 is 1.76 bits per heavy atom. The van der Waals surface area contributed by atoms with Gasteiger partial charge in [-0.05, 0) is 50.0 Å². The molecule has 3 nitrogen and oxygen atoms in total. The van der Waals surface area contributed by atoms with Gasteiger partial charge in [0.25, 0.3) is 0 Å². The first-order valence-corrected chi connectivity index (χ1v) is 7.79. The lowest BCUT2D eigenvalue weighted by Gasteiger charge is -2.12. The van der Waals surface area contributed by atoms with Gasteiger partial charge in [0.05, 0.1) is 0 Å². The summed E-state index contributed by atoms with van der Waals surface area (Å²) in [6, 6.07) is 16.3. The van der Waals surface area contributed by atoms with Gasteiger partial charge in [-0.3, -0.25) is 0 Å². The molecular weight excluding hydrogens is 328 g/mol. The van der Waals surface area contributed by atoms with Crippen LogP contribution in [0.4, 0.5) is 5.69 Å². The molecule has 0 amide bonds. The van der Waals surface area contributed by atoms with Crippen LogP contribution < -0.4 is 10.1 Å². The first kappa shape index (κ1) is 15.9. The summed E-state index contributed by atoms with van der Waals surface area (Å²) in [6.07, 6.45) is 0. The van der Waals surface area contributed by atoms with E-state index in [1.807, 2.05) is 50.5 Å². The van der Waals surface area contributed by atoms with Crippen molar-refractivity contribution < 1.29 is 4.74 Å². The number of nitrogens with zero attached hydrogens (tertiary/aromatic N) is 1. The Balaban J connectivity index is 1.84. The zero-order valence-electron chi connectivity index (χ0n) is 12.5. The van der Waals surface area contributed by atoms with Gasteiger partial charge >= 0.3 is 0 Å². The molecule has 2 aromatic rings. The Morgan fingerprint density at radius 3 is 2.43 bits per heavy atom. The van der Waals surface area contributed by atoms with Crippen molar-refractivity contribution in [1.82, 2.24) is 4.90 Å². The maximum absolute atomic E-state index is 5.68. The minimum atomic E-state index is 0.705. The summed E-state index contributed by atoms with van der Waals surface area (Å²) in [4.78, 5) is 2.10. The third-order valence-corrected chi connectivity index (χ3v) is 3.88. The largest absolute Gasteiger partial charge is 0.492 e. The van der Waals surface area contributed by atoms with Crippen LogP contribution in [0.25, 0.3) is 0 Å². The number of halogens is 1. The van der Waals surface area contributed by atoms with Crippen LogP contribution in [0, 0.1) is 0 Å². The molecule has 0 atom stereocenters. The van der Waals surface area contributed by atoms with Crippen LogP contribution in [-0.2, 0) is 6.54 Å². The summed E-state index contributed by atoms with van der Waals surface area (Å²) in [7, 11) is 4.08. The fraction of sp³-hybridized carbons (Fsp3) is 0.294. The summed E-state index contributed by atoms with van der Waals surface area (Å²) in [5.41, 5.74) is 2.33. The van der Waals surface area contributed by atoms with Crippen molar-refractivity contribution in [1.29, 1.82) is 0 Å². The Labute approximate surface area is 135 Å². The third-order valence-electron chi connectivity index (χ3n) is 3.10. The van der Waals surface area contributed by atoms with Crippen LogP contribution in [0.3, 0.4) is 0 Å². The van der Waals surface area contributed by atoms with E-state index in [1.54, 1.807) is 0 Å². The highest BCUT2D eigenvalue weighted by Crippen LogP contribution is 2.19. The number of hydrogen-bond acceptors (Lipinski definition) is 3. The van der Waals surface area contributed by atoms with Crippen molar-refractivity contribution in [3.63, 3.8) is 0 Å². The summed E-state index contributed by atoms with van der Waals surface area (Å²) in [5.74, 6) is 0.906. The first-order valence-electron chi connectivity index (χ1n) is 7.00. The van der Waals surface area contributed by atoms with Crippen LogP contribution in [0.2, 0.25) is 0 Å². The predicted molar refractivity (Wildman–Crippen MR) is 92.0 cm³/mol. The van der Waals surface area contributed by atoms with Crippen LogP contribution in [0.15, 0.2) is 53.0 Å². The monoisotopic (exact) mass is 348 g/mol. The molecule has 21 heavy (non-hydrogen) atoms. The minimum Gasteiger partial charge on any atom is -0.492 e. The molecule has 0 aliphatic carbocycles. The number of nitrogens with one attached hydrogen (secondary N) is 1. The van der Waals surface area contributed by atoms with E-state index in [0.29, 0.717) is 6.61 Å². The van der Waals surface area contributed by atoms with E-state index < -0.39 is 0 Å². The molecule has 0 aliphatic heterocycles. The van der Waals surface area contributed by atoms with Crippen molar-refractivity contribution in [2.75, 3.05) is 32.6 Å². The second-order valence-electron chi connectivity index (χ2n) is 5.12. The van der Waals surface area contributed by atoms with Crippen molar-refractivity contribution in [3.05, 3.63) is 58.6 Å². The van der Waals surface area contributed by atoms with Crippen LogP contribution in [-0.4, -0.2) is 32.1 Å². The molecular formula is C17H21BrN2O. The van der Waals surface area contributed by atoms with Crippen molar-refractivity contribution in [2.24, 2.45) is 0 Å². The molecule has 0 spiro atoms. The number of anilines is 1. The lowest BCUT2D eigenvalue weighted by Crippen LogP contribution is -2.19. The molecule has 0 aliphatic rings. The van der Waals surface area contributed by atoms with Crippen molar-refractivity contribution in [3.8, 4) is 5.75 Å². The summed E-state index contributed by atoms with van der Waals surface area (Å²) < 4.78 is 6.80. The van der Waals surface area contributed by atoms with Crippen LogP contribution in [0.1, 0.15) is 5.56 Å². The van der Waals surface area contributed by atoms with E-state index in [1.165, 1.54) is 5.56 Å². The molecule has 4 heteroatoms. The molecule has 0 unspecified atom stereocenters. The number of likely N-dealkylation sites (N-methyl/N-ethyl adjacent to an activating group) is 1. The molecule has 0 radical (unpaired) electrons. The van der Waals surface area contributed by atoms with Gasteiger partial charge in [0, 0.05) is 23.2 Å². The highest BCUT2D eigenvalue weighted by molar-refractivity contribution is 9.10. The van der Waals surface area contributed by atoms with Gasteiger partial charge in [0.15, 0.2) is 0 Å². The fourth-order valence-corrected chi connectivity index (χ4v) is 2.28. The molecule has 0 aromatic heterocycles. The Morgan fingerprint density at radius 1 is 1.05 bits per heavy atom. The number of rotatable bonds is 7. The molecule has 0 bridgehead atoms. The highest BCUT2D eigenvalue weighted by atomic mass is 79.9. The molecule has 1 N–H and O–H groups in total. The average molecular weight is 349 g/mol. The smallest absolute Gasteiger partial charge is 0.119 e. The van der Waals surface area contributed by atoms with Crippen LogP contribution in [0.5, 0.6) is 5.75 Å². The lowest BCUT2D eigenvalue weighted by molar-refractivity contribution is 0.261. The first-order chi connectivity index (χ1) is 10.1. The molecule has 0 saturated heterocycles. The van der Waals surface area contributed by atoms with Gasteiger partial charge in [-0.2, -0.15) is 0 Å². The van der Waals surface area contributed by atoms with Crippen molar-refractivity contribution >= 4 is 21.6 Å². The van der Waals surface area contributed by atoms with Gasteiger partial charge < -0.3 is 15.0 Å². The normalized spacial score (nSPS) is 10.7. The van der Waals surface area contributed by atoms with Gasteiger partial charge in [0.2, 0.25) is 0 Å². The molecule has 2 rings (SSSR count). The van der Waals surface area contributed by atoms with E-state index in [2.05, 4.69) is 38.3 Å². The summed E-state index contributed by atoms with van der Waals surface area (Å²) in [6.45, 7) is 2.42. The zero-order valence-corrected chi connectivity index (χ0v) is 14.1. The summed E-state index contributed by atoms with van der Waals surface area (Å²) in [5, 5.41) is 3.41. The topological polar surface area (TPSA) is 24.5 Å². The lowest BCUT2D eigenvalue weighted by atomic mass is 10.2. The highest BCUT2D eigenvalue weighted by Gasteiger charge is 1.99. The van der Waals surface area contributed by atoms with E-state index in [-0.39, 0.29) is 0 Å². The standard InChI is InChI=1S/C17H21BrN2O/c1-20(2)11-12-21-16-9-7-15(8-10-16)19-13-14-5-3-4-6-17(14)18/h3-10,19H,11-13H2,1-2H3. The van der Waals surface area contributed by atoms with Gasteiger partial charge in [0.1, 0.15) is 12.4 Å². The maximum atomic E-state index is 5.68. The second-order valence-corrected chi connectivity index (χ2v) is 5.98. The molecule has 0 saturated carbocycles. The number of hydrogen-bond donors (Lipinski definition) is 1. The van der Waals surface area contributed by atoms with Gasteiger partial charge in [-0.1, -0.05) is 34.1 Å². The molecule has 0 fully saturated rings. The van der Waals surface area contributed by atoms with Gasteiger partial charge in [-0.25, -0.2) is 0 Å². The molecule has 0 heterocycles. The molecule has 2 aromatic carbocycles. The van der Waals surface area contributed by atoms with Crippen molar-refractivity contribution in [2.45, 2.75) is 6.54 Å². The minimum absolute atomic E-state index is 0.705. The third kappa shape index (κ3) is 5.40.